The maximum atomic E-state index is 13.2. The average molecular weight is 336 g/mol. The van der Waals surface area contributed by atoms with E-state index in [0.29, 0.717) is 11.8 Å². The molecule has 0 spiro atoms. The molecule has 0 aromatic heterocycles. The first-order valence-corrected chi connectivity index (χ1v) is 6.91. The molecule has 3 heteroatoms. The van der Waals surface area contributed by atoms with Gasteiger partial charge in [0.1, 0.15) is 5.82 Å². The molecule has 1 aromatic carbocycles. The molecular formula is C12H13Br2F. The summed E-state index contributed by atoms with van der Waals surface area (Å²) in [5, 5.41) is 0.980. The van der Waals surface area contributed by atoms with E-state index in [1.54, 1.807) is 12.1 Å². The van der Waals surface area contributed by atoms with Crippen LogP contribution in [0.1, 0.15) is 25.3 Å². The topological polar surface area (TPSA) is 0 Å². The lowest BCUT2D eigenvalue weighted by molar-refractivity contribution is 0.577. The van der Waals surface area contributed by atoms with Crippen LogP contribution in [-0.2, 0) is 0 Å². The maximum Gasteiger partial charge on any atom is 0.123 e. The average Bonchev–Trinajstić information content (AvgIpc) is 2.72. The summed E-state index contributed by atoms with van der Waals surface area (Å²) in [6.45, 7) is 4.47. The van der Waals surface area contributed by atoms with Gasteiger partial charge in [0.05, 0.1) is 0 Å². The standard InChI is InChI=1S/C12H13Br2F/c1-12(2)9(6-13)11(12)8-5-7(15)3-4-10(8)14/h3-5,9,11H,6H2,1-2H3. The largest absolute Gasteiger partial charge is 0.207 e. The zero-order chi connectivity index (χ0) is 11.2. The summed E-state index contributed by atoms with van der Waals surface area (Å²) in [6.07, 6.45) is 0. The third-order valence-electron chi connectivity index (χ3n) is 3.51. The summed E-state index contributed by atoms with van der Waals surface area (Å²) in [5.41, 5.74) is 1.38. The molecule has 15 heavy (non-hydrogen) atoms. The molecule has 0 bridgehead atoms. The predicted octanol–water partition coefficient (Wildman–Crippen LogP) is 4.72. The highest BCUT2D eigenvalue weighted by Crippen LogP contribution is 2.65. The fraction of sp³-hybridized carbons (Fsp3) is 0.500. The number of alkyl halides is 1. The highest BCUT2D eigenvalue weighted by molar-refractivity contribution is 9.10. The van der Waals surface area contributed by atoms with Crippen molar-refractivity contribution in [2.24, 2.45) is 11.3 Å². The monoisotopic (exact) mass is 334 g/mol. The lowest BCUT2D eigenvalue weighted by Crippen LogP contribution is -1.92. The number of hydrogen-bond donors (Lipinski definition) is 0. The van der Waals surface area contributed by atoms with Crippen molar-refractivity contribution in [2.45, 2.75) is 19.8 Å². The Morgan fingerprint density at radius 1 is 1.40 bits per heavy atom. The van der Waals surface area contributed by atoms with Crippen molar-refractivity contribution in [3.05, 3.63) is 34.1 Å². The summed E-state index contributed by atoms with van der Waals surface area (Å²) in [5.74, 6) is 0.918. The first kappa shape index (κ1) is 11.6. The van der Waals surface area contributed by atoms with E-state index in [1.165, 1.54) is 6.07 Å². The van der Waals surface area contributed by atoms with Crippen LogP contribution in [0.15, 0.2) is 22.7 Å². The van der Waals surface area contributed by atoms with Gasteiger partial charge in [0.25, 0.3) is 0 Å². The van der Waals surface area contributed by atoms with Crippen molar-refractivity contribution >= 4 is 31.9 Å². The van der Waals surface area contributed by atoms with Gasteiger partial charge >= 0.3 is 0 Å². The van der Waals surface area contributed by atoms with Crippen molar-refractivity contribution in [3.8, 4) is 0 Å². The van der Waals surface area contributed by atoms with Gasteiger partial charge in [-0.05, 0) is 41.0 Å². The first-order valence-electron chi connectivity index (χ1n) is 4.99. The van der Waals surface area contributed by atoms with Gasteiger partial charge in [-0.2, -0.15) is 0 Å². The van der Waals surface area contributed by atoms with Gasteiger partial charge < -0.3 is 0 Å². The highest BCUT2D eigenvalue weighted by atomic mass is 79.9. The van der Waals surface area contributed by atoms with Crippen LogP contribution >= 0.6 is 31.9 Å². The lowest BCUT2D eigenvalue weighted by Gasteiger charge is -2.06. The van der Waals surface area contributed by atoms with Gasteiger partial charge in [-0.1, -0.05) is 45.7 Å². The lowest BCUT2D eigenvalue weighted by atomic mass is 10.0. The molecule has 1 aliphatic carbocycles. The number of hydrogen-bond acceptors (Lipinski definition) is 0. The van der Waals surface area contributed by atoms with Crippen LogP contribution in [0, 0.1) is 17.2 Å². The molecule has 2 atom stereocenters. The van der Waals surface area contributed by atoms with Crippen molar-refractivity contribution < 1.29 is 4.39 Å². The Morgan fingerprint density at radius 3 is 2.60 bits per heavy atom. The SMILES string of the molecule is CC1(C)C(CBr)C1c1cc(F)ccc1Br. The Hall–Kier alpha value is 0.110. The molecule has 0 amide bonds. The fourth-order valence-corrected chi connectivity index (χ4v) is 4.10. The molecule has 1 fully saturated rings. The Bertz CT molecular complexity index is 387. The maximum absolute atomic E-state index is 13.2. The van der Waals surface area contributed by atoms with Crippen molar-refractivity contribution in [1.29, 1.82) is 0 Å². The van der Waals surface area contributed by atoms with E-state index >= 15 is 0 Å². The van der Waals surface area contributed by atoms with Gasteiger partial charge in [0.2, 0.25) is 0 Å². The van der Waals surface area contributed by atoms with E-state index < -0.39 is 0 Å². The molecular weight excluding hydrogens is 323 g/mol. The van der Waals surface area contributed by atoms with E-state index in [-0.39, 0.29) is 11.2 Å². The molecule has 1 aliphatic rings. The third kappa shape index (κ3) is 1.89. The summed E-state index contributed by atoms with van der Waals surface area (Å²) in [6, 6.07) is 4.94. The predicted molar refractivity (Wildman–Crippen MR) is 67.9 cm³/mol. The minimum absolute atomic E-state index is 0.149. The third-order valence-corrected chi connectivity index (χ3v) is 4.93. The second-order valence-corrected chi connectivity index (χ2v) is 6.23. The van der Waals surface area contributed by atoms with E-state index in [4.69, 9.17) is 0 Å². The molecule has 0 saturated heterocycles. The second-order valence-electron chi connectivity index (χ2n) is 4.73. The Morgan fingerprint density at radius 2 is 2.07 bits per heavy atom. The van der Waals surface area contributed by atoms with Crippen LogP contribution in [-0.4, -0.2) is 5.33 Å². The Labute approximate surface area is 107 Å². The minimum Gasteiger partial charge on any atom is -0.207 e. The van der Waals surface area contributed by atoms with Gasteiger partial charge in [0, 0.05) is 9.80 Å². The van der Waals surface area contributed by atoms with Gasteiger partial charge in [-0.3, -0.25) is 0 Å². The quantitative estimate of drug-likeness (QED) is 0.686. The highest BCUT2D eigenvalue weighted by Gasteiger charge is 2.57. The molecule has 0 radical (unpaired) electrons. The van der Waals surface area contributed by atoms with Gasteiger partial charge in [0.15, 0.2) is 0 Å². The van der Waals surface area contributed by atoms with Crippen LogP contribution < -0.4 is 0 Å². The molecule has 0 aliphatic heterocycles. The first-order chi connectivity index (χ1) is 6.98. The summed E-state index contributed by atoms with van der Waals surface area (Å²) in [4.78, 5) is 0. The fourth-order valence-electron chi connectivity index (χ4n) is 2.40. The van der Waals surface area contributed by atoms with Crippen LogP contribution in [0.4, 0.5) is 4.39 Å². The molecule has 0 N–H and O–H groups in total. The molecule has 2 rings (SSSR count). The number of benzene rings is 1. The van der Waals surface area contributed by atoms with E-state index in [2.05, 4.69) is 45.7 Å². The summed E-state index contributed by atoms with van der Waals surface area (Å²) >= 11 is 7.02. The molecule has 2 unspecified atom stereocenters. The molecule has 1 saturated carbocycles. The second kappa shape index (κ2) is 3.85. The normalized spacial score (nSPS) is 27.8. The minimum atomic E-state index is -0.149. The molecule has 0 heterocycles. The van der Waals surface area contributed by atoms with Crippen LogP contribution in [0.5, 0.6) is 0 Å². The molecule has 0 nitrogen and oxygen atoms in total. The summed E-state index contributed by atoms with van der Waals surface area (Å²) in [7, 11) is 0. The van der Waals surface area contributed by atoms with Crippen molar-refractivity contribution in [1.82, 2.24) is 0 Å². The zero-order valence-corrected chi connectivity index (χ0v) is 11.9. The van der Waals surface area contributed by atoms with Crippen LogP contribution in [0.25, 0.3) is 0 Å². The Balaban J connectivity index is 2.36. The summed E-state index contributed by atoms with van der Waals surface area (Å²) < 4.78 is 14.2. The molecule has 82 valence electrons. The van der Waals surface area contributed by atoms with Crippen molar-refractivity contribution in [3.63, 3.8) is 0 Å². The number of rotatable bonds is 2. The van der Waals surface area contributed by atoms with E-state index in [1.807, 2.05) is 0 Å². The van der Waals surface area contributed by atoms with Crippen LogP contribution in [0.2, 0.25) is 0 Å². The zero-order valence-electron chi connectivity index (χ0n) is 8.73. The van der Waals surface area contributed by atoms with E-state index in [0.717, 1.165) is 15.4 Å². The van der Waals surface area contributed by atoms with Crippen molar-refractivity contribution in [2.75, 3.05) is 5.33 Å². The van der Waals surface area contributed by atoms with Crippen LogP contribution in [0.3, 0.4) is 0 Å². The Kier molecular flexibility index (Phi) is 2.97. The smallest absolute Gasteiger partial charge is 0.123 e. The van der Waals surface area contributed by atoms with Gasteiger partial charge in [-0.15, -0.1) is 0 Å². The molecule has 1 aromatic rings. The van der Waals surface area contributed by atoms with E-state index in [9.17, 15) is 4.39 Å². The number of halogens is 3. The van der Waals surface area contributed by atoms with Gasteiger partial charge in [-0.25, -0.2) is 4.39 Å².